The SMILES string of the molecule is COC(=O)CCCCCCCCCCCCCCCCC(C)CC(=O)OC. The van der Waals surface area contributed by atoms with Crippen LogP contribution in [0, 0.1) is 5.92 Å². The Kier molecular flexibility index (Phi) is 18.9. The molecule has 0 aromatic rings. The molecule has 4 heteroatoms. The van der Waals surface area contributed by atoms with E-state index in [2.05, 4.69) is 11.7 Å². The molecule has 1 atom stereocenters. The number of rotatable bonds is 19. The van der Waals surface area contributed by atoms with Gasteiger partial charge in [-0.2, -0.15) is 0 Å². The van der Waals surface area contributed by atoms with Crippen molar-refractivity contribution in [2.45, 2.75) is 116 Å². The highest BCUT2D eigenvalue weighted by Crippen LogP contribution is 2.16. The van der Waals surface area contributed by atoms with Gasteiger partial charge in [-0.25, -0.2) is 0 Å². The summed E-state index contributed by atoms with van der Waals surface area (Å²) in [4.78, 5) is 22.2. The lowest BCUT2D eigenvalue weighted by molar-refractivity contribution is -0.142. The van der Waals surface area contributed by atoms with Crippen LogP contribution >= 0.6 is 0 Å². The molecule has 0 aliphatic carbocycles. The number of hydrogen-bond donors (Lipinski definition) is 0. The molecule has 0 heterocycles. The largest absolute Gasteiger partial charge is 0.469 e. The summed E-state index contributed by atoms with van der Waals surface area (Å²) >= 11 is 0. The van der Waals surface area contributed by atoms with E-state index in [9.17, 15) is 9.59 Å². The van der Waals surface area contributed by atoms with Gasteiger partial charge in [0.2, 0.25) is 0 Å². The molecule has 0 saturated heterocycles. The molecule has 0 N–H and O–H groups in total. The zero-order valence-corrected chi connectivity index (χ0v) is 18.2. The van der Waals surface area contributed by atoms with E-state index in [1.54, 1.807) is 0 Å². The third-order valence-electron chi connectivity index (χ3n) is 5.30. The quantitative estimate of drug-likeness (QED) is 0.186. The maximum atomic E-state index is 11.2. The van der Waals surface area contributed by atoms with E-state index in [0.717, 1.165) is 19.3 Å². The summed E-state index contributed by atoms with van der Waals surface area (Å²) in [6.07, 6.45) is 20.3. The topological polar surface area (TPSA) is 52.6 Å². The lowest BCUT2D eigenvalue weighted by atomic mass is 9.99. The summed E-state index contributed by atoms with van der Waals surface area (Å²) in [5, 5.41) is 0. The zero-order valence-electron chi connectivity index (χ0n) is 18.2. The molecule has 0 rings (SSSR count). The highest BCUT2D eigenvalue weighted by molar-refractivity contribution is 5.69. The van der Waals surface area contributed by atoms with Gasteiger partial charge in [-0.15, -0.1) is 0 Å². The first-order valence-corrected chi connectivity index (χ1v) is 11.2. The minimum Gasteiger partial charge on any atom is -0.469 e. The fraction of sp³-hybridized carbons (Fsp3) is 0.913. The van der Waals surface area contributed by atoms with Gasteiger partial charge in [0.25, 0.3) is 0 Å². The Balaban J connectivity index is 3.15. The lowest BCUT2D eigenvalue weighted by Gasteiger charge is -2.09. The summed E-state index contributed by atoms with van der Waals surface area (Å²) in [7, 11) is 2.92. The van der Waals surface area contributed by atoms with Crippen molar-refractivity contribution in [3.05, 3.63) is 0 Å². The first-order chi connectivity index (χ1) is 13.1. The summed E-state index contributed by atoms with van der Waals surface area (Å²) < 4.78 is 9.35. The molecule has 27 heavy (non-hydrogen) atoms. The number of ether oxygens (including phenoxy) is 2. The van der Waals surface area contributed by atoms with Crippen molar-refractivity contribution >= 4 is 11.9 Å². The second-order valence-electron chi connectivity index (χ2n) is 7.95. The molecular weight excluding hydrogens is 340 g/mol. The van der Waals surface area contributed by atoms with Gasteiger partial charge in [-0.1, -0.05) is 96.8 Å². The second-order valence-corrected chi connectivity index (χ2v) is 7.95. The maximum Gasteiger partial charge on any atom is 0.305 e. The molecule has 4 nitrogen and oxygen atoms in total. The van der Waals surface area contributed by atoms with Crippen LogP contribution in [0.15, 0.2) is 0 Å². The molecule has 0 aliphatic rings. The van der Waals surface area contributed by atoms with Crippen LogP contribution in [0.25, 0.3) is 0 Å². The summed E-state index contributed by atoms with van der Waals surface area (Å²) in [6, 6.07) is 0. The van der Waals surface area contributed by atoms with E-state index >= 15 is 0 Å². The van der Waals surface area contributed by atoms with Crippen molar-refractivity contribution < 1.29 is 19.1 Å². The van der Waals surface area contributed by atoms with Gasteiger partial charge in [-0.05, 0) is 12.3 Å². The van der Waals surface area contributed by atoms with Crippen LogP contribution in [0.4, 0.5) is 0 Å². The molecule has 160 valence electrons. The molecular formula is C23H44O4. The number of methoxy groups -OCH3 is 2. The van der Waals surface area contributed by atoms with E-state index < -0.39 is 0 Å². The van der Waals surface area contributed by atoms with E-state index in [4.69, 9.17) is 4.74 Å². The van der Waals surface area contributed by atoms with Crippen LogP contribution in [0.2, 0.25) is 0 Å². The third kappa shape index (κ3) is 19.5. The first kappa shape index (κ1) is 25.9. The van der Waals surface area contributed by atoms with Gasteiger partial charge in [0.05, 0.1) is 14.2 Å². The molecule has 0 fully saturated rings. The molecule has 0 spiro atoms. The Labute approximate surface area is 167 Å². The molecule has 0 bridgehead atoms. The van der Waals surface area contributed by atoms with Crippen molar-refractivity contribution in [1.29, 1.82) is 0 Å². The fourth-order valence-corrected chi connectivity index (χ4v) is 3.46. The highest BCUT2D eigenvalue weighted by atomic mass is 16.5. The van der Waals surface area contributed by atoms with Crippen LogP contribution in [-0.4, -0.2) is 26.2 Å². The molecule has 0 radical (unpaired) electrons. The van der Waals surface area contributed by atoms with Crippen molar-refractivity contribution in [3.8, 4) is 0 Å². The number of hydrogen-bond acceptors (Lipinski definition) is 4. The summed E-state index contributed by atoms with van der Waals surface area (Å²) in [5.74, 6) is 0.287. The molecule has 1 unspecified atom stereocenters. The number of unbranched alkanes of at least 4 members (excludes halogenated alkanes) is 13. The number of carbonyl (C=O) groups excluding carboxylic acids is 2. The highest BCUT2D eigenvalue weighted by Gasteiger charge is 2.08. The van der Waals surface area contributed by atoms with Crippen molar-refractivity contribution in [3.63, 3.8) is 0 Å². The minimum atomic E-state index is -0.0823. The molecule has 0 aromatic carbocycles. The molecule has 0 saturated carbocycles. The lowest BCUT2D eigenvalue weighted by Crippen LogP contribution is -2.06. The zero-order chi connectivity index (χ0) is 20.2. The predicted molar refractivity (Wildman–Crippen MR) is 112 cm³/mol. The average Bonchev–Trinajstić information content (AvgIpc) is 2.67. The van der Waals surface area contributed by atoms with Gasteiger partial charge in [0.15, 0.2) is 0 Å². The number of esters is 2. The van der Waals surface area contributed by atoms with Crippen molar-refractivity contribution in [2.24, 2.45) is 5.92 Å². The summed E-state index contributed by atoms with van der Waals surface area (Å²) in [6.45, 7) is 2.14. The van der Waals surface area contributed by atoms with E-state index in [0.29, 0.717) is 18.8 Å². The van der Waals surface area contributed by atoms with Gasteiger partial charge >= 0.3 is 11.9 Å². The minimum absolute atomic E-state index is 0.0804. The van der Waals surface area contributed by atoms with Crippen LogP contribution in [0.1, 0.15) is 116 Å². The number of carbonyl (C=O) groups is 2. The van der Waals surface area contributed by atoms with Crippen LogP contribution < -0.4 is 0 Å². The first-order valence-electron chi connectivity index (χ1n) is 11.2. The monoisotopic (exact) mass is 384 g/mol. The van der Waals surface area contributed by atoms with E-state index in [1.807, 2.05) is 0 Å². The van der Waals surface area contributed by atoms with Crippen molar-refractivity contribution in [1.82, 2.24) is 0 Å². The Hall–Kier alpha value is -1.06. The molecule has 0 aromatic heterocycles. The Bertz CT molecular complexity index is 354. The van der Waals surface area contributed by atoms with Crippen LogP contribution in [0.3, 0.4) is 0 Å². The summed E-state index contributed by atoms with van der Waals surface area (Å²) in [5.41, 5.74) is 0. The fourth-order valence-electron chi connectivity index (χ4n) is 3.46. The Morgan fingerprint density at radius 1 is 0.593 bits per heavy atom. The second kappa shape index (κ2) is 19.7. The molecule has 0 amide bonds. The van der Waals surface area contributed by atoms with Gasteiger partial charge in [-0.3, -0.25) is 9.59 Å². The molecule has 0 aliphatic heterocycles. The van der Waals surface area contributed by atoms with Crippen LogP contribution in [-0.2, 0) is 19.1 Å². The van der Waals surface area contributed by atoms with Gasteiger partial charge in [0, 0.05) is 12.8 Å². The standard InChI is InChI=1S/C23H44O4/c1-21(20-23(25)27-3)18-16-14-12-10-8-6-4-5-7-9-11-13-15-17-19-22(24)26-2/h21H,4-20H2,1-3H3. The smallest absolute Gasteiger partial charge is 0.305 e. The normalized spacial score (nSPS) is 12.0. The van der Waals surface area contributed by atoms with Crippen molar-refractivity contribution in [2.75, 3.05) is 14.2 Å². The van der Waals surface area contributed by atoms with E-state index in [1.165, 1.54) is 91.3 Å². The third-order valence-corrected chi connectivity index (χ3v) is 5.30. The van der Waals surface area contributed by atoms with E-state index in [-0.39, 0.29) is 11.9 Å². The van der Waals surface area contributed by atoms with Gasteiger partial charge < -0.3 is 9.47 Å². The maximum absolute atomic E-state index is 11.2. The van der Waals surface area contributed by atoms with Gasteiger partial charge in [0.1, 0.15) is 0 Å². The Morgan fingerprint density at radius 2 is 0.963 bits per heavy atom. The predicted octanol–water partition coefficient (Wildman–Crippen LogP) is 6.60. The Morgan fingerprint density at radius 3 is 1.37 bits per heavy atom. The average molecular weight is 385 g/mol. The van der Waals surface area contributed by atoms with Crippen LogP contribution in [0.5, 0.6) is 0 Å².